The molecule has 0 spiro atoms. The Balaban J connectivity index is 1.88. The molecule has 0 atom stereocenters. The first-order valence-corrected chi connectivity index (χ1v) is 6.66. The van der Waals surface area contributed by atoms with Crippen LogP contribution in [0.1, 0.15) is 12.8 Å². The molecule has 0 radical (unpaired) electrons. The average Bonchev–Trinajstić information content (AvgIpc) is 3.07. The molecule has 1 N–H and O–H groups in total. The van der Waals surface area contributed by atoms with E-state index < -0.39 is 6.36 Å². The minimum Gasteiger partial charge on any atom is -0.404 e. The molecule has 0 bridgehead atoms. The highest BCUT2D eigenvalue weighted by atomic mass is 32.2. The molecular formula is C11H13F3N2OS. The Bertz CT molecular complexity index is 404. The topological polar surface area (TPSA) is 34.1 Å². The van der Waals surface area contributed by atoms with Gasteiger partial charge in [-0.2, -0.15) is 11.8 Å². The molecule has 2 rings (SSSR count). The number of rotatable bonds is 5. The van der Waals surface area contributed by atoms with Crippen molar-refractivity contribution >= 4 is 17.6 Å². The lowest BCUT2D eigenvalue weighted by Gasteiger charge is -2.14. The van der Waals surface area contributed by atoms with E-state index in [1.54, 1.807) is 11.8 Å². The van der Waals surface area contributed by atoms with Gasteiger partial charge in [-0.1, -0.05) is 0 Å². The van der Waals surface area contributed by atoms with Crippen LogP contribution in [-0.4, -0.2) is 28.9 Å². The second-order valence-corrected chi connectivity index (χ2v) is 5.44. The van der Waals surface area contributed by atoms with Gasteiger partial charge in [-0.15, -0.1) is 13.2 Å². The van der Waals surface area contributed by atoms with Crippen LogP contribution >= 0.6 is 11.8 Å². The van der Waals surface area contributed by atoms with Crippen LogP contribution in [0, 0.1) is 0 Å². The van der Waals surface area contributed by atoms with Crippen molar-refractivity contribution in [3.63, 3.8) is 0 Å². The molecule has 0 saturated heterocycles. The first kappa shape index (κ1) is 13.3. The fourth-order valence-corrected chi connectivity index (χ4v) is 2.25. The first-order chi connectivity index (χ1) is 8.42. The van der Waals surface area contributed by atoms with Crippen LogP contribution in [0.4, 0.5) is 19.0 Å². The van der Waals surface area contributed by atoms with Crippen molar-refractivity contribution in [1.82, 2.24) is 4.98 Å². The van der Waals surface area contributed by atoms with Crippen LogP contribution in [0.3, 0.4) is 0 Å². The van der Waals surface area contributed by atoms with E-state index in [1.807, 2.05) is 0 Å². The summed E-state index contributed by atoms with van der Waals surface area (Å²) in [4.78, 5) is 3.88. The molecule has 1 aromatic heterocycles. The van der Waals surface area contributed by atoms with E-state index in [0.717, 1.165) is 25.6 Å². The molecule has 0 amide bonds. The first-order valence-electron chi connectivity index (χ1n) is 5.43. The summed E-state index contributed by atoms with van der Waals surface area (Å²) in [6.07, 6.45) is 0.775. The zero-order valence-corrected chi connectivity index (χ0v) is 10.6. The summed E-state index contributed by atoms with van der Waals surface area (Å²) < 4.78 is 39.8. The van der Waals surface area contributed by atoms with Crippen molar-refractivity contribution in [3.8, 4) is 5.75 Å². The maximum absolute atomic E-state index is 11.9. The number of hydrogen-bond donors (Lipinski definition) is 1. The lowest BCUT2D eigenvalue weighted by Crippen LogP contribution is -2.19. The molecule has 1 fully saturated rings. The minimum atomic E-state index is -4.67. The molecule has 18 heavy (non-hydrogen) atoms. The fourth-order valence-electron chi connectivity index (χ4n) is 1.52. The minimum absolute atomic E-state index is 0.281. The smallest absolute Gasteiger partial charge is 0.404 e. The predicted octanol–water partition coefficient (Wildman–Crippen LogP) is 3.29. The van der Waals surface area contributed by atoms with Crippen molar-refractivity contribution in [1.29, 1.82) is 0 Å². The summed E-state index contributed by atoms with van der Waals surface area (Å²) >= 11 is 1.80. The van der Waals surface area contributed by atoms with E-state index in [2.05, 4.69) is 21.3 Å². The molecule has 1 aromatic rings. The van der Waals surface area contributed by atoms with Crippen molar-refractivity contribution in [2.45, 2.75) is 24.0 Å². The van der Waals surface area contributed by atoms with Crippen LogP contribution in [0.15, 0.2) is 18.3 Å². The summed E-state index contributed by atoms with van der Waals surface area (Å²) in [5, 5.41) is 3.12. The molecule has 3 nitrogen and oxygen atoms in total. The van der Waals surface area contributed by atoms with Gasteiger partial charge < -0.3 is 10.1 Å². The highest BCUT2D eigenvalue weighted by Crippen LogP contribution is 2.46. The number of anilines is 1. The van der Waals surface area contributed by atoms with Gasteiger partial charge >= 0.3 is 6.36 Å². The van der Waals surface area contributed by atoms with Crippen molar-refractivity contribution in [2.75, 3.05) is 18.1 Å². The zero-order chi connectivity index (χ0) is 13.2. The summed E-state index contributed by atoms with van der Waals surface area (Å²) in [7, 11) is 0. The van der Waals surface area contributed by atoms with Crippen LogP contribution in [0.5, 0.6) is 5.75 Å². The third kappa shape index (κ3) is 3.69. The molecule has 0 aromatic carbocycles. The molecule has 1 saturated carbocycles. The van der Waals surface area contributed by atoms with Crippen LogP contribution in [-0.2, 0) is 0 Å². The maximum atomic E-state index is 11.9. The van der Waals surface area contributed by atoms with Gasteiger partial charge in [0, 0.05) is 11.3 Å². The largest absolute Gasteiger partial charge is 0.573 e. The summed E-state index contributed by atoms with van der Waals surface area (Å²) in [5.41, 5.74) is 0. The summed E-state index contributed by atoms with van der Waals surface area (Å²) in [6, 6.07) is 2.74. The van der Waals surface area contributed by atoms with E-state index in [0.29, 0.717) is 5.82 Å². The van der Waals surface area contributed by atoms with Gasteiger partial charge in [0.2, 0.25) is 0 Å². The van der Waals surface area contributed by atoms with Gasteiger partial charge in [0.1, 0.15) is 11.6 Å². The Labute approximate surface area is 107 Å². The number of aromatic nitrogens is 1. The Kier molecular flexibility index (Phi) is 3.61. The van der Waals surface area contributed by atoms with Gasteiger partial charge in [0.15, 0.2) is 0 Å². The van der Waals surface area contributed by atoms with Crippen LogP contribution in [0.25, 0.3) is 0 Å². The SMILES string of the molecule is CSC1(CNc2ccc(OC(F)(F)F)cn2)CC1. The lowest BCUT2D eigenvalue weighted by atomic mass is 10.4. The second-order valence-electron chi connectivity index (χ2n) is 4.17. The molecule has 1 aliphatic rings. The number of hydrogen-bond acceptors (Lipinski definition) is 4. The van der Waals surface area contributed by atoms with Gasteiger partial charge in [0.25, 0.3) is 0 Å². The molecule has 0 unspecified atom stereocenters. The molecule has 0 aliphatic heterocycles. The number of nitrogens with one attached hydrogen (secondary N) is 1. The monoisotopic (exact) mass is 278 g/mol. The second kappa shape index (κ2) is 4.87. The van der Waals surface area contributed by atoms with Crippen LogP contribution < -0.4 is 10.1 Å². The maximum Gasteiger partial charge on any atom is 0.573 e. The Morgan fingerprint density at radius 1 is 1.44 bits per heavy atom. The Morgan fingerprint density at radius 2 is 2.17 bits per heavy atom. The van der Waals surface area contributed by atoms with Gasteiger partial charge in [-0.05, 0) is 31.2 Å². The Morgan fingerprint density at radius 3 is 2.61 bits per heavy atom. The molecule has 100 valence electrons. The van der Waals surface area contributed by atoms with E-state index >= 15 is 0 Å². The van der Waals surface area contributed by atoms with Crippen molar-refractivity contribution in [2.24, 2.45) is 0 Å². The van der Waals surface area contributed by atoms with E-state index in [-0.39, 0.29) is 10.5 Å². The van der Waals surface area contributed by atoms with Crippen molar-refractivity contribution < 1.29 is 17.9 Å². The normalized spacial score (nSPS) is 17.3. The highest BCUT2D eigenvalue weighted by Gasteiger charge is 2.41. The summed E-state index contributed by atoms with van der Waals surface area (Å²) in [6.45, 7) is 0.778. The quantitative estimate of drug-likeness (QED) is 0.896. The van der Waals surface area contributed by atoms with Gasteiger partial charge in [-0.25, -0.2) is 4.98 Å². The van der Waals surface area contributed by atoms with Crippen molar-refractivity contribution in [3.05, 3.63) is 18.3 Å². The van der Waals surface area contributed by atoms with E-state index in [1.165, 1.54) is 12.1 Å². The fraction of sp³-hybridized carbons (Fsp3) is 0.545. The Hall–Kier alpha value is -1.11. The van der Waals surface area contributed by atoms with Gasteiger partial charge in [0.05, 0.1) is 6.20 Å². The molecular weight excluding hydrogens is 265 g/mol. The predicted molar refractivity (Wildman–Crippen MR) is 64.9 cm³/mol. The number of nitrogens with zero attached hydrogens (tertiary/aromatic N) is 1. The lowest BCUT2D eigenvalue weighted by molar-refractivity contribution is -0.274. The highest BCUT2D eigenvalue weighted by molar-refractivity contribution is 8.00. The number of ether oxygens (including phenoxy) is 1. The number of thioether (sulfide) groups is 1. The zero-order valence-electron chi connectivity index (χ0n) is 9.75. The molecule has 7 heteroatoms. The summed E-state index contributed by atoms with van der Waals surface area (Å²) in [5.74, 6) is 0.254. The number of pyridine rings is 1. The number of alkyl halides is 3. The van der Waals surface area contributed by atoms with E-state index in [9.17, 15) is 13.2 Å². The number of halogens is 3. The molecule has 1 aliphatic carbocycles. The van der Waals surface area contributed by atoms with Gasteiger partial charge in [-0.3, -0.25) is 0 Å². The van der Waals surface area contributed by atoms with Crippen LogP contribution in [0.2, 0.25) is 0 Å². The average molecular weight is 278 g/mol. The third-order valence-electron chi connectivity index (χ3n) is 2.80. The standard InChI is InChI=1S/C11H13F3N2OS/c1-18-10(4-5-10)7-16-9-3-2-8(6-15-9)17-11(12,13)14/h2-3,6H,4-5,7H2,1H3,(H,15,16). The van der Waals surface area contributed by atoms with E-state index in [4.69, 9.17) is 0 Å². The molecule has 1 heterocycles. The third-order valence-corrected chi connectivity index (χ3v) is 4.22.